The molecule has 1 N–H and O–H groups in total. The van der Waals surface area contributed by atoms with Crippen molar-refractivity contribution in [2.24, 2.45) is 5.92 Å². The van der Waals surface area contributed by atoms with Crippen LogP contribution in [0, 0.1) is 24.7 Å². The van der Waals surface area contributed by atoms with Crippen molar-refractivity contribution < 1.29 is 33.6 Å². The van der Waals surface area contributed by atoms with E-state index in [0.29, 0.717) is 28.9 Å². The number of aliphatic hydroxyl groups excluding tert-OH is 1. The third-order valence-electron chi connectivity index (χ3n) is 6.50. The molecule has 0 saturated carbocycles. The van der Waals surface area contributed by atoms with Crippen LogP contribution in [0.4, 0.5) is 10.5 Å². The molecule has 0 bridgehead atoms. The lowest BCUT2D eigenvalue weighted by Gasteiger charge is -2.27. The first-order valence-electron chi connectivity index (χ1n) is 13.2. The van der Waals surface area contributed by atoms with Gasteiger partial charge in [-0.2, -0.15) is 0 Å². The van der Waals surface area contributed by atoms with E-state index >= 15 is 0 Å². The molecule has 208 valence electrons. The number of rotatable bonds is 2. The van der Waals surface area contributed by atoms with Gasteiger partial charge in [0, 0.05) is 30.1 Å². The second-order valence-corrected chi connectivity index (χ2v) is 11.4. The number of benzene rings is 1. The van der Waals surface area contributed by atoms with Gasteiger partial charge in [-0.3, -0.25) is 4.90 Å². The van der Waals surface area contributed by atoms with Crippen molar-refractivity contribution in [3.8, 4) is 11.8 Å². The minimum Gasteiger partial charge on any atom is -0.458 e. The molecule has 2 aliphatic rings. The molecular weight excluding hydrogens is 486 g/mol. The van der Waals surface area contributed by atoms with Crippen LogP contribution in [0.3, 0.4) is 0 Å². The first-order chi connectivity index (χ1) is 17.6. The molecule has 1 fully saturated rings. The number of hydrogen-bond acceptors (Lipinski definition) is 7. The second kappa shape index (κ2) is 11.5. The summed E-state index contributed by atoms with van der Waals surface area (Å²) in [6.07, 6.45) is 0.828. The molecule has 8 nitrogen and oxygen atoms in total. The summed E-state index contributed by atoms with van der Waals surface area (Å²) >= 11 is 0. The maximum absolute atomic E-state index is 13.3. The SMILES string of the molecule is CCN(C(=O)OC(C)(C)C)c1cc(C)c2c(c1)C#CC[C@@H]1OC(C)(C)O[C@@H]1[C@H](O)/C=C\[C@@H](C)[C@H](C)OC2=O. The van der Waals surface area contributed by atoms with Gasteiger partial charge in [-0.1, -0.05) is 30.9 Å². The number of aryl methyl sites for hydroxylation is 1. The lowest BCUT2D eigenvalue weighted by atomic mass is 9.98. The van der Waals surface area contributed by atoms with Crippen LogP contribution in [0.1, 0.15) is 83.3 Å². The lowest BCUT2D eigenvalue weighted by Crippen LogP contribution is -2.37. The fraction of sp³-hybridized carbons (Fsp3) is 0.600. The fourth-order valence-electron chi connectivity index (χ4n) is 4.48. The molecule has 0 aromatic heterocycles. The number of esters is 1. The van der Waals surface area contributed by atoms with Gasteiger partial charge in [-0.05, 0) is 73.1 Å². The number of carbonyl (C=O) groups excluding carboxylic acids is 2. The minimum absolute atomic E-state index is 0.165. The third-order valence-corrected chi connectivity index (χ3v) is 6.50. The highest BCUT2D eigenvalue weighted by Crippen LogP contribution is 2.33. The Balaban J connectivity index is 2.09. The molecule has 5 atom stereocenters. The first kappa shape index (κ1) is 29.7. The maximum atomic E-state index is 13.3. The second-order valence-electron chi connectivity index (χ2n) is 11.4. The van der Waals surface area contributed by atoms with Gasteiger partial charge in [0.15, 0.2) is 5.79 Å². The van der Waals surface area contributed by atoms with E-state index in [-0.39, 0.29) is 12.3 Å². The standard InChI is InChI=1S/C30H41NO7/c1-10-31(28(34)38-29(5,6)7)22-16-19(3)25-21(17-22)12-11-13-24-26(37-30(8,9)36-24)23(32)15-14-18(2)20(4)35-27(25)33/h14-18,20,23-24,26,32H,10,13H2,1-9H3/b15-14-/t18-,20+,23-,24+,26-/m1/s1. The van der Waals surface area contributed by atoms with Crippen LogP contribution in [0.5, 0.6) is 0 Å². The summed E-state index contributed by atoms with van der Waals surface area (Å²) in [5.74, 6) is 4.69. The van der Waals surface area contributed by atoms with Crippen molar-refractivity contribution in [2.45, 2.75) is 105 Å². The summed E-state index contributed by atoms with van der Waals surface area (Å²) in [5.41, 5.74) is 1.34. The van der Waals surface area contributed by atoms with Gasteiger partial charge in [0.05, 0.1) is 5.56 Å². The molecule has 1 aromatic rings. The summed E-state index contributed by atoms with van der Waals surface area (Å²) in [4.78, 5) is 27.8. The number of aliphatic hydroxyl groups is 1. The van der Waals surface area contributed by atoms with Crippen LogP contribution in [-0.4, -0.2) is 59.5 Å². The minimum atomic E-state index is -0.912. The van der Waals surface area contributed by atoms with Crippen molar-refractivity contribution in [3.05, 3.63) is 41.0 Å². The highest BCUT2D eigenvalue weighted by molar-refractivity contribution is 5.96. The average Bonchev–Trinajstić information content (AvgIpc) is 3.09. The molecule has 0 aliphatic carbocycles. The summed E-state index contributed by atoms with van der Waals surface area (Å²) < 4.78 is 23.4. The Hall–Kier alpha value is -2.86. The van der Waals surface area contributed by atoms with E-state index in [0.717, 1.165) is 0 Å². The molecule has 1 aromatic carbocycles. The number of nitrogens with zero attached hydrogens (tertiary/aromatic N) is 1. The van der Waals surface area contributed by atoms with Crippen molar-refractivity contribution >= 4 is 17.7 Å². The van der Waals surface area contributed by atoms with Crippen molar-refractivity contribution in [3.63, 3.8) is 0 Å². The van der Waals surface area contributed by atoms with Gasteiger partial charge >= 0.3 is 12.1 Å². The van der Waals surface area contributed by atoms with Crippen molar-refractivity contribution in [1.82, 2.24) is 0 Å². The topological polar surface area (TPSA) is 94.5 Å². The zero-order valence-electron chi connectivity index (χ0n) is 24.0. The van der Waals surface area contributed by atoms with Gasteiger partial charge < -0.3 is 24.1 Å². The number of fused-ring (bicyclic) bond motifs is 2. The van der Waals surface area contributed by atoms with Gasteiger partial charge in [0.1, 0.15) is 30.0 Å². The zero-order chi connectivity index (χ0) is 28.4. The van der Waals surface area contributed by atoms with Crippen LogP contribution < -0.4 is 4.90 Å². The number of carbonyl (C=O) groups is 2. The molecule has 0 spiro atoms. The summed E-state index contributed by atoms with van der Waals surface area (Å²) in [6, 6.07) is 3.49. The normalized spacial score (nSPS) is 28.1. The van der Waals surface area contributed by atoms with Crippen molar-refractivity contribution in [1.29, 1.82) is 0 Å². The number of hydrogen-bond donors (Lipinski definition) is 1. The van der Waals surface area contributed by atoms with E-state index in [1.54, 1.807) is 39.0 Å². The van der Waals surface area contributed by atoms with E-state index < -0.39 is 47.9 Å². The monoisotopic (exact) mass is 527 g/mol. The average molecular weight is 528 g/mol. The zero-order valence-corrected chi connectivity index (χ0v) is 24.0. The molecule has 3 rings (SSSR count). The molecule has 38 heavy (non-hydrogen) atoms. The highest BCUT2D eigenvalue weighted by atomic mass is 16.8. The Morgan fingerprint density at radius 1 is 1.21 bits per heavy atom. The van der Waals surface area contributed by atoms with E-state index in [2.05, 4.69) is 11.8 Å². The predicted octanol–water partition coefficient (Wildman–Crippen LogP) is 5.13. The van der Waals surface area contributed by atoms with E-state index in [1.807, 2.05) is 47.6 Å². The molecular formula is C30H41NO7. The molecule has 0 unspecified atom stereocenters. The summed E-state index contributed by atoms with van der Waals surface area (Å²) in [6.45, 7) is 16.8. The largest absolute Gasteiger partial charge is 0.458 e. The molecule has 2 aliphatic heterocycles. The lowest BCUT2D eigenvalue weighted by molar-refractivity contribution is -0.152. The van der Waals surface area contributed by atoms with Gasteiger partial charge in [-0.15, -0.1) is 0 Å². The third kappa shape index (κ3) is 7.16. The number of ether oxygens (including phenoxy) is 4. The number of amides is 1. The molecule has 1 amide bonds. The van der Waals surface area contributed by atoms with Crippen LogP contribution in [0.25, 0.3) is 0 Å². The predicted molar refractivity (Wildman–Crippen MR) is 145 cm³/mol. The Morgan fingerprint density at radius 2 is 1.89 bits per heavy atom. The maximum Gasteiger partial charge on any atom is 0.414 e. The molecule has 1 saturated heterocycles. The van der Waals surface area contributed by atoms with Gasteiger partial charge in [0.2, 0.25) is 0 Å². The number of cyclic esters (lactones) is 1. The van der Waals surface area contributed by atoms with Crippen LogP contribution >= 0.6 is 0 Å². The number of anilines is 1. The van der Waals surface area contributed by atoms with Crippen LogP contribution in [0.15, 0.2) is 24.3 Å². The summed E-state index contributed by atoms with van der Waals surface area (Å²) in [5, 5.41) is 10.8. The Bertz CT molecular complexity index is 1140. The molecule has 0 radical (unpaired) electrons. The Morgan fingerprint density at radius 3 is 2.53 bits per heavy atom. The van der Waals surface area contributed by atoms with Crippen LogP contribution in [0.2, 0.25) is 0 Å². The fourth-order valence-corrected chi connectivity index (χ4v) is 4.48. The summed E-state index contributed by atoms with van der Waals surface area (Å²) in [7, 11) is 0. The Labute approximate surface area is 226 Å². The van der Waals surface area contributed by atoms with Crippen LogP contribution in [-0.2, 0) is 18.9 Å². The molecule has 2 heterocycles. The van der Waals surface area contributed by atoms with Crippen molar-refractivity contribution in [2.75, 3.05) is 11.4 Å². The smallest absolute Gasteiger partial charge is 0.414 e. The van der Waals surface area contributed by atoms with E-state index in [1.165, 1.54) is 4.90 Å². The quantitative estimate of drug-likeness (QED) is 0.324. The Kier molecular flexibility index (Phi) is 8.97. The van der Waals surface area contributed by atoms with Gasteiger partial charge in [-0.25, -0.2) is 9.59 Å². The van der Waals surface area contributed by atoms with Gasteiger partial charge in [0.25, 0.3) is 0 Å². The van der Waals surface area contributed by atoms with E-state index in [4.69, 9.17) is 18.9 Å². The molecule has 8 heteroatoms. The van der Waals surface area contributed by atoms with E-state index in [9.17, 15) is 14.7 Å². The first-order valence-corrected chi connectivity index (χ1v) is 13.2. The highest BCUT2D eigenvalue weighted by Gasteiger charge is 2.43.